The number of amides is 1. The van der Waals surface area contributed by atoms with E-state index < -0.39 is 17.5 Å². The SMILES string of the molecule is CSc1ncc(C(=O)Nc2nc(-c3ccc(F)c(F)c3)cs2)n1-c1ccc(F)cc1. The lowest BCUT2D eigenvalue weighted by molar-refractivity contribution is 0.102. The number of nitrogens with zero attached hydrogens (tertiary/aromatic N) is 3. The molecule has 0 aliphatic carbocycles. The molecule has 0 aliphatic heterocycles. The third-order valence-electron chi connectivity index (χ3n) is 4.17. The minimum Gasteiger partial charge on any atom is -0.296 e. The van der Waals surface area contributed by atoms with Crippen molar-refractivity contribution in [1.29, 1.82) is 0 Å². The molecule has 0 unspecified atom stereocenters. The fraction of sp³-hybridized carbons (Fsp3) is 0.0500. The van der Waals surface area contributed by atoms with Crippen LogP contribution >= 0.6 is 23.1 Å². The van der Waals surface area contributed by atoms with Crippen molar-refractivity contribution in [3.05, 3.63) is 77.2 Å². The Hall–Kier alpha value is -3.11. The zero-order valence-corrected chi connectivity index (χ0v) is 17.0. The quantitative estimate of drug-likeness (QED) is 0.418. The Morgan fingerprint density at radius 2 is 1.87 bits per heavy atom. The van der Waals surface area contributed by atoms with E-state index in [1.165, 1.54) is 36.2 Å². The van der Waals surface area contributed by atoms with Crippen molar-refractivity contribution in [1.82, 2.24) is 14.5 Å². The molecule has 2 heterocycles. The van der Waals surface area contributed by atoms with Crippen LogP contribution in [0.1, 0.15) is 10.5 Å². The summed E-state index contributed by atoms with van der Waals surface area (Å²) < 4.78 is 41.5. The number of hydrogen-bond donors (Lipinski definition) is 1. The second kappa shape index (κ2) is 8.33. The predicted molar refractivity (Wildman–Crippen MR) is 111 cm³/mol. The van der Waals surface area contributed by atoms with Gasteiger partial charge in [0.1, 0.15) is 11.5 Å². The van der Waals surface area contributed by atoms with Crippen molar-refractivity contribution >= 4 is 34.1 Å². The first-order chi connectivity index (χ1) is 14.5. The molecule has 1 amide bonds. The number of carbonyl (C=O) groups is 1. The number of thioether (sulfide) groups is 1. The maximum absolute atomic E-state index is 13.5. The highest BCUT2D eigenvalue weighted by Crippen LogP contribution is 2.27. The Labute approximate surface area is 177 Å². The maximum Gasteiger partial charge on any atom is 0.276 e. The number of anilines is 1. The largest absolute Gasteiger partial charge is 0.296 e. The molecule has 0 saturated heterocycles. The molecule has 4 aromatic rings. The maximum atomic E-state index is 13.5. The van der Waals surface area contributed by atoms with Gasteiger partial charge in [-0.25, -0.2) is 23.1 Å². The van der Waals surface area contributed by atoms with Gasteiger partial charge in [-0.05, 0) is 48.7 Å². The molecule has 2 aromatic heterocycles. The number of thiazole rings is 1. The lowest BCUT2D eigenvalue weighted by atomic mass is 10.2. The van der Waals surface area contributed by atoms with E-state index in [0.29, 0.717) is 22.1 Å². The van der Waals surface area contributed by atoms with Gasteiger partial charge in [0.05, 0.1) is 11.9 Å². The fourth-order valence-electron chi connectivity index (χ4n) is 2.76. The molecule has 0 spiro atoms. The van der Waals surface area contributed by atoms with Crippen molar-refractivity contribution in [3.8, 4) is 16.9 Å². The molecule has 2 aromatic carbocycles. The van der Waals surface area contributed by atoms with E-state index in [0.717, 1.165) is 23.5 Å². The third kappa shape index (κ3) is 3.96. The molecule has 152 valence electrons. The van der Waals surface area contributed by atoms with Crippen LogP contribution < -0.4 is 5.32 Å². The predicted octanol–water partition coefficient (Wildman–Crippen LogP) is 5.39. The summed E-state index contributed by atoms with van der Waals surface area (Å²) in [5.74, 6) is -2.76. The number of benzene rings is 2. The topological polar surface area (TPSA) is 59.8 Å². The molecular weight excluding hydrogens is 433 g/mol. The van der Waals surface area contributed by atoms with Crippen molar-refractivity contribution in [3.63, 3.8) is 0 Å². The van der Waals surface area contributed by atoms with Gasteiger partial charge in [-0.3, -0.25) is 14.7 Å². The van der Waals surface area contributed by atoms with Gasteiger partial charge in [-0.1, -0.05) is 11.8 Å². The number of rotatable bonds is 5. The average Bonchev–Trinajstić information content (AvgIpc) is 3.37. The van der Waals surface area contributed by atoms with E-state index in [1.54, 1.807) is 22.1 Å². The highest BCUT2D eigenvalue weighted by Gasteiger charge is 2.19. The zero-order chi connectivity index (χ0) is 21.3. The molecule has 0 radical (unpaired) electrons. The van der Waals surface area contributed by atoms with Crippen molar-refractivity contribution < 1.29 is 18.0 Å². The van der Waals surface area contributed by atoms with E-state index in [2.05, 4.69) is 15.3 Å². The van der Waals surface area contributed by atoms with E-state index in [1.807, 2.05) is 6.26 Å². The third-order valence-corrected chi connectivity index (χ3v) is 5.58. The van der Waals surface area contributed by atoms with Gasteiger partial charge in [0.2, 0.25) is 0 Å². The lowest BCUT2D eigenvalue weighted by Gasteiger charge is -2.10. The van der Waals surface area contributed by atoms with Gasteiger partial charge in [0, 0.05) is 16.6 Å². The van der Waals surface area contributed by atoms with Gasteiger partial charge < -0.3 is 0 Å². The average molecular weight is 446 g/mol. The molecule has 1 N–H and O–H groups in total. The summed E-state index contributed by atoms with van der Waals surface area (Å²) in [7, 11) is 0. The van der Waals surface area contributed by atoms with Crippen LogP contribution in [0, 0.1) is 17.5 Å². The first kappa shape index (κ1) is 20.2. The minimum atomic E-state index is -0.973. The van der Waals surface area contributed by atoms with E-state index in [4.69, 9.17) is 0 Å². The molecule has 0 aliphatic rings. The molecule has 4 rings (SSSR count). The Balaban J connectivity index is 1.61. The standard InChI is InChI=1S/C20H13F3N4OS2/c1-29-20-24-9-17(27(20)13-5-3-12(21)4-6-13)18(28)26-19-25-16(10-30-19)11-2-7-14(22)15(23)8-11/h2-10H,1H3,(H,25,26,28). The van der Waals surface area contributed by atoms with Gasteiger partial charge >= 0.3 is 0 Å². The van der Waals surface area contributed by atoms with Gasteiger partial charge in [0.15, 0.2) is 21.9 Å². The van der Waals surface area contributed by atoms with Crippen LogP contribution in [0.3, 0.4) is 0 Å². The van der Waals surface area contributed by atoms with E-state index in [9.17, 15) is 18.0 Å². The van der Waals surface area contributed by atoms with Crippen LogP contribution in [-0.2, 0) is 0 Å². The normalized spacial score (nSPS) is 10.9. The molecule has 10 heteroatoms. The van der Waals surface area contributed by atoms with E-state index >= 15 is 0 Å². The summed E-state index contributed by atoms with van der Waals surface area (Å²) in [6.07, 6.45) is 3.24. The van der Waals surface area contributed by atoms with Crippen LogP contribution in [0.5, 0.6) is 0 Å². The molecule has 0 fully saturated rings. The van der Waals surface area contributed by atoms with Crippen molar-refractivity contribution in [2.75, 3.05) is 11.6 Å². The van der Waals surface area contributed by atoms with Crippen LogP contribution in [0.15, 0.2) is 59.2 Å². The van der Waals surface area contributed by atoms with Gasteiger partial charge in [0.25, 0.3) is 5.91 Å². The van der Waals surface area contributed by atoms with Crippen molar-refractivity contribution in [2.24, 2.45) is 0 Å². The highest BCUT2D eigenvalue weighted by molar-refractivity contribution is 7.98. The Kier molecular flexibility index (Phi) is 5.60. The monoisotopic (exact) mass is 446 g/mol. The zero-order valence-electron chi connectivity index (χ0n) is 15.4. The number of aromatic nitrogens is 3. The molecule has 0 saturated carbocycles. The van der Waals surface area contributed by atoms with E-state index in [-0.39, 0.29) is 16.6 Å². The van der Waals surface area contributed by atoms with Gasteiger partial charge in [-0.15, -0.1) is 11.3 Å². The highest BCUT2D eigenvalue weighted by atomic mass is 32.2. The van der Waals surface area contributed by atoms with Crippen LogP contribution in [0.2, 0.25) is 0 Å². The Morgan fingerprint density at radius 1 is 1.10 bits per heavy atom. The smallest absolute Gasteiger partial charge is 0.276 e. The van der Waals surface area contributed by atoms with Crippen LogP contribution in [0.25, 0.3) is 16.9 Å². The first-order valence-electron chi connectivity index (χ1n) is 8.56. The van der Waals surface area contributed by atoms with Gasteiger partial charge in [-0.2, -0.15) is 0 Å². The minimum absolute atomic E-state index is 0.246. The molecular formula is C20H13F3N4OS2. The summed E-state index contributed by atoms with van der Waals surface area (Å²) in [5.41, 5.74) is 1.64. The number of hydrogen-bond acceptors (Lipinski definition) is 5. The Bertz CT molecular complexity index is 1220. The second-order valence-corrected chi connectivity index (χ2v) is 7.69. The first-order valence-corrected chi connectivity index (χ1v) is 10.7. The molecule has 30 heavy (non-hydrogen) atoms. The summed E-state index contributed by atoms with van der Waals surface area (Å²) >= 11 is 2.49. The van der Waals surface area contributed by atoms with Crippen molar-refractivity contribution in [2.45, 2.75) is 5.16 Å². The molecule has 0 atom stereocenters. The number of halogens is 3. The summed E-state index contributed by atoms with van der Waals surface area (Å²) in [6, 6.07) is 9.19. The lowest BCUT2D eigenvalue weighted by Crippen LogP contribution is -2.16. The summed E-state index contributed by atoms with van der Waals surface area (Å²) in [4.78, 5) is 21.4. The van der Waals surface area contributed by atoms with Crippen LogP contribution in [0.4, 0.5) is 18.3 Å². The number of nitrogens with one attached hydrogen (secondary N) is 1. The number of imidazole rings is 1. The molecule has 0 bridgehead atoms. The molecule has 5 nitrogen and oxygen atoms in total. The second-order valence-electron chi connectivity index (χ2n) is 6.06. The summed E-state index contributed by atoms with van der Waals surface area (Å²) in [6.45, 7) is 0. The van der Waals surface area contributed by atoms with Crippen LogP contribution in [-0.4, -0.2) is 26.7 Å². The fourth-order valence-corrected chi connectivity index (χ4v) is 4.02. The summed E-state index contributed by atoms with van der Waals surface area (Å²) in [5, 5.41) is 5.17. The number of carbonyl (C=O) groups excluding carboxylic acids is 1. The Morgan fingerprint density at radius 3 is 2.57 bits per heavy atom.